The first-order valence-electron chi connectivity index (χ1n) is 6.42. The third kappa shape index (κ3) is 4.27. The van der Waals surface area contributed by atoms with E-state index in [0.29, 0.717) is 30.0 Å². The highest BCUT2D eigenvalue weighted by Gasteiger charge is 2.09. The molecular formula is C15H17BrClNO2. The summed E-state index contributed by atoms with van der Waals surface area (Å²) in [5, 5.41) is 3.91. The number of rotatable bonds is 6. The number of hydrogen-bond acceptors (Lipinski definition) is 3. The van der Waals surface area contributed by atoms with Crippen LogP contribution in [0.3, 0.4) is 0 Å². The highest BCUT2D eigenvalue weighted by Crippen LogP contribution is 2.28. The van der Waals surface area contributed by atoms with Crippen LogP contribution in [0.2, 0.25) is 5.02 Å². The molecule has 0 fully saturated rings. The second-order valence-corrected chi connectivity index (χ2v) is 6.09. The summed E-state index contributed by atoms with van der Waals surface area (Å²) in [4.78, 5) is 0. The van der Waals surface area contributed by atoms with Crippen LogP contribution >= 0.6 is 27.5 Å². The monoisotopic (exact) mass is 357 g/mol. The van der Waals surface area contributed by atoms with Gasteiger partial charge in [-0.05, 0) is 24.3 Å². The Balaban J connectivity index is 1.98. The molecule has 0 amide bonds. The lowest BCUT2D eigenvalue weighted by Crippen LogP contribution is -2.22. The lowest BCUT2D eigenvalue weighted by Gasteiger charge is -2.10. The molecule has 1 aromatic carbocycles. The molecular weight excluding hydrogens is 342 g/mol. The highest BCUT2D eigenvalue weighted by molar-refractivity contribution is 9.10. The zero-order chi connectivity index (χ0) is 14.5. The molecule has 20 heavy (non-hydrogen) atoms. The number of halogens is 2. The molecule has 0 radical (unpaired) electrons. The van der Waals surface area contributed by atoms with E-state index in [4.69, 9.17) is 20.8 Å². The van der Waals surface area contributed by atoms with Crippen molar-refractivity contribution >= 4 is 27.5 Å². The molecule has 0 saturated heterocycles. The van der Waals surface area contributed by atoms with Crippen molar-refractivity contribution in [2.75, 3.05) is 0 Å². The molecule has 0 saturated carbocycles. The van der Waals surface area contributed by atoms with E-state index in [2.05, 4.69) is 35.1 Å². The molecule has 3 nitrogen and oxygen atoms in total. The standard InChI is InChI=1S/C15H17BrClNO2/c1-10(2)18-8-15-11(5-6-19-15)9-20-14-4-3-12(16)7-13(14)17/h3-7,10,18H,8-9H2,1-2H3. The normalized spacial score (nSPS) is 11.1. The minimum Gasteiger partial charge on any atom is -0.487 e. The summed E-state index contributed by atoms with van der Waals surface area (Å²) in [6.07, 6.45) is 1.68. The molecule has 108 valence electrons. The summed E-state index contributed by atoms with van der Waals surface area (Å²) >= 11 is 9.49. The maximum atomic E-state index is 6.12. The summed E-state index contributed by atoms with van der Waals surface area (Å²) in [6.45, 7) is 5.33. The lowest BCUT2D eigenvalue weighted by molar-refractivity contribution is 0.301. The first-order valence-corrected chi connectivity index (χ1v) is 7.60. The number of hydrogen-bond donors (Lipinski definition) is 1. The van der Waals surface area contributed by atoms with Gasteiger partial charge in [-0.3, -0.25) is 0 Å². The first kappa shape index (κ1) is 15.4. The molecule has 0 atom stereocenters. The van der Waals surface area contributed by atoms with Gasteiger partial charge in [-0.2, -0.15) is 0 Å². The Morgan fingerprint density at radius 3 is 2.85 bits per heavy atom. The first-order chi connectivity index (χ1) is 9.56. The van der Waals surface area contributed by atoms with E-state index in [0.717, 1.165) is 15.8 Å². The maximum absolute atomic E-state index is 6.12. The van der Waals surface area contributed by atoms with E-state index < -0.39 is 0 Å². The predicted molar refractivity (Wildman–Crippen MR) is 84.2 cm³/mol. The fourth-order valence-corrected chi connectivity index (χ4v) is 2.42. The Morgan fingerprint density at radius 2 is 2.15 bits per heavy atom. The van der Waals surface area contributed by atoms with Gasteiger partial charge >= 0.3 is 0 Å². The van der Waals surface area contributed by atoms with Crippen molar-refractivity contribution in [3.63, 3.8) is 0 Å². The molecule has 0 spiro atoms. The van der Waals surface area contributed by atoms with Crippen molar-refractivity contribution in [1.82, 2.24) is 5.32 Å². The van der Waals surface area contributed by atoms with Gasteiger partial charge in [0.05, 0.1) is 17.8 Å². The van der Waals surface area contributed by atoms with Crippen LogP contribution in [0.15, 0.2) is 39.4 Å². The van der Waals surface area contributed by atoms with Crippen LogP contribution in [0.25, 0.3) is 0 Å². The van der Waals surface area contributed by atoms with Crippen molar-refractivity contribution in [2.24, 2.45) is 0 Å². The molecule has 1 heterocycles. The van der Waals surface area contributed by atoms with Crippen LogP contribution in [-0.2, 0) is 13.2 Å². The van der Waals surface area contributed by atoms with Gasteiger partial charge in [0.2, 0.25) is 0 Å². The van der Waals surface area contributed by atoms with Gasteiger partial charge < -0.3 is 14.5 Å². The van der Waals surface area contributed by atoms with Crippen molar-refractivity contribution in [3.8, 4) is 5.75 Å². The van der Waals surface area contributed by atoms with Crippen molar-refractivity contribution in [3.05, 3.63) is 51.3 Å². The fraction of sp³-hybridized carbons (Fsp3) is 0.333. The SMILES string of the molecule is CC(C)NCc1occc1COc1ccc(Br)cc1Cl. The average Bonchev–Trinajstić information content (AvgIpc) is 2.83. The van der Waals surface area contributed by atoms with E-state index in [1.165, 1.54) is 0 Å². The van der Waals surface area contributed by atoms with Crippen molar-refractivity contribution in [1.29, 1.82) is 0 Å². The Hall–Kier alpha value is -0.970. The quantitative estimate of drug-likeness (QED) is 0.807. The molecule has 0 aliphatic carbocycles. The van der Waals surface area contributed by atoms with Gasteiger partial charge in [-0.25, -0.2) is 0 Å². The Morgan fingerprint density at radius 1 is 1.35 bits per heavy atom. The number of ether oxygens (including phenoxy) is 1. The van der Waals surface area contributed by atoms with Gasteiger partial charge in [0, 0.05) is 16.1 Å². The van der Waals surface area contributed by atoms with Gasteiger partial charge in [0.25, 0.3) is 0 Å². The average molecular weight is 359 g/mol. The zero-order valence-electron chi connectivity index (χ0n) is 11.5. The Labute approximate surface area is 132 Å². The molecule has 2 aromatic rings. The summed E-state index contributed by atoms with van der Waals surface area (Å²) in [7, 11) is 0. The van der Waals surface area contributed by atoms with Crippen LogP contribution < -0.4 is 10.1 Å². The Kier molecular flexibility index (Phi) is 5.52. The summed E-state index contributed by atoms with van der Waals surface area (Å²) in [5.41, 5.74) is 1.03. The number of benzene rings is 1. The van der Waals surface area contributed by atoms with E-state index in [1.54, 1.807) is 6.26 Å². The van der Waals surface area contributed by atoms with Crippen LogP contribution in [0.1, 0.15) is 25.2 Å². The van der Waals surface area contributed by atoms with Crippen LogP contribution in [-0.4, -0.2) is 6.04 Å². The minimum atomic E-state index is 0.412. The molecule has 2 rings (SSSR count). The number of furan rings is 1. The second-order valence-electron chi connectivity index (χ2n) is 4.77. The van der Waals surface area contributed by atoms with Gasteiger partial charge in [0.15, 0.2) is 0 Å². The van der Waals surface area contributed by atoms with Gasteiger partial charge in [0.1, 0.15) is 18.1 Å². The van der Waals surface area contributed by atoms with E-state index in [9.17, 15) is 0 Å². The van der Waals surface area contributed by atoms with Crippen molar-refractivity contribution in [2.45, 2.75) is 33.0 Å². The van der Waals surface area contributed by atoms with E-state index in [-0.39, 0.29) is 0 Å². The smallest absolute Gasteiger partial charge is 0.138 e. The number of nitrogens with one attached hydrogen (secondary N) is 1. The third-order valence-corrected chi connectivity index (χ3v) is 3.57. The van der Waals surface area contributed by atoms with Crippen molar-refractivity contribution < 1.29 is 9.15 Å². The van der Waals surface area contributed by atoms with E-state index in [1.807, 2.05) is 24.3 Å². The lowest BCUT2D eigenvalue weighted by atomic mass is 10.2. The van der Waals surface area contributed by atoms with Gasteiger partial charge in [-0.1, -0.05) is 41.4 Å². The summed E-state index contributed by atoms with van der Waals surface area (Å²) in [6, 6.07) is 7.89. The fourth-order valence-electron chi connectivity index (χ4n) is 1.70. The Bertz CT molecular complexity index is 569. The highest BCUT2D eigenvalue weighted by atomic mass is 79.9. The molecule has 0 bridgehead atoms. The molecule has 1 aromatic heterocycles. The zero-order valence-corrected chi connectivity index (χ0v) is 13.8. The van der Waals surface area contributed by atoms with Crippen LogP contribution in [0.5, 0.6) is 5.75 Å². The maximum Gasteiger partial charge on any atom is 0.138 e. The summed E-state index contributed by atoms with van der Waals surface area (Å²) < 4.78 is 12.1. The molecule has 5 heteroatoms. The third-order valence-electron chi connectivity index (χ3n) is 2.79. The second kappa shape index (κ2) is 7.16. The van der Waals surface area contributed by atoms with Gasteiger partial charge in [-0.15, -0.1) is 0 Å². The van der Waals surface area contributed by atoms with E-state index >= 15 is 0 Å². The van der Waals surface area contributed by atoms with Crippen LogP contribution in [0.4, 0.5) is 0 Å². The molecule has 1 N–H and O–H groups in total. The molecule has 0 aliphatic rings. The summed E-state index contributed by atoms with van der Waals surface area (Å²) in [5.74, 6) is 1.56. The molecule has 0 unspecified atom stereocenters. The van der Waals surface area contributed by atoms with Crippen LogP contribution in [0, 0.1) is 0 Å². The predicted octanol–water partition coefficient (Wildman–Crippen LogP) is 4.77. The largest absolute Gasteiger partial charge is 0.487 e. The topological polar surface area (TPSA) is 34.4 Å². The minimum absolute atomic E-state index is 0.412. The molecule has 0 aliphatic heterocycles.